The number of imide groups is 1. The minimum absolute atomic E-state index is 0.0879. The molecular formula is C23H32FN3O5. The van der Waals surface area contributed by atoms with Crippen LogP contribution in [-0.4, -0.2) is 53.2 Å². The highest BCUT2D eigenvalue weighted by Crippen LogP contribution is 2.31. The molecule has 9 heteroatoms. The minimum Gasteiger partial charge on any atom is -0.460 e. The number of anilines is 2. The Morgan fingerprint density at radius 3 is 2.72 bits per heavy atom. The van der Waals surface area contributed by atoms with Crippen LogP contribution in [0.2, 0.25) is 0 Å². The second-order valence-corrected chi connectivity index (χ2v) is 9.64. The number of nitrogens with zero attached hydrogens (tertiary/aromatic N) is 1. The number of nitrogens with one attached hydrogen (secondary N) is 2. The summed E-state index contributed by atoms with van der Waals surface area (Å²) in [4.78, 5) is 37.2. The zero-order chi connectivity index (χ0) is 23.5. The van der Waals surface area contributed by atoms with Gasteiger partial charge < -0.3 is 20.1 Å². The largest absolute Gasteiger partial charge is 0.460 e. The molecule has 3 N–H and O–H groups in total. The summed E-state index contributed by atoms with van der Waals surface area (Å²) in [6.07, 6.45) is 1.87. The summed E-state index contributed by atoms with van der Waals surface area (Å²) in [6.45, 7) is 6.30. The fourth-order valence-corrected chi connectivity index (χ4v) is 4.13. The van der Waals surface area contributed by atoms with Gasteiger partial charge in [0.15, 0.2) is 0 Å². The van der Waals surface area contributed by atoms with Crippen LogP contribution in [0.5, 0.6) is 0 Å². The van der Waals surface area contributed by atoms with Crippen molar-refractivity contribution in [2.24, 2.45) is 0 Å². The van der Waals surface area contributed by atoms with Gasteiger partial charge in [-0.1, -0.05) is 0 Å². The Kier molecular flexibility index (Phi) is 7.07. The van der Waals surface area contributed by atoms with Gasteiger partial charge in [0.1, 0.15) is 17.5 Å². The van der Waals surface area contributed by atoms with Crippen LogP contribution in [0.3, 0.4) is 0 Å². The molecule has 0 aromatic heterocycles. The smallest absolute Gasteiger partial charge is 0.309 e. The van der Waals surface area contributed by atoms with Gasteiger partial charge in [-0.2, -0.15) is 0 Å². The lowest BCUT2D eigenvalue weighted by atomic mass is 9.91. The van der Waals surface area contributed by atoms with Gasteiger partial charge in [0.25, 0.3) is 0 Å². The van der Waals surface area contributed by atoms with E-state index in [0.717, 1.165) is 0 Å². The topological polar surface area (TPSA) is 108 Å². The molecule has 2 aliphatic rings. The van der Waals surface area contributed by atoms with Crippen molar-refractivity contribution in [2.75, 3.05) is 23.3 Å². The Morgan fingerprint density at radius 1 is 1.31 bits per heavy atom. The Morgan fingerprint density at radius 2 is 2.06 bits per heavy atom. The van der Waals surface area contributed by atoms with Crippen molar-refractivity contribution in [3.63, 3.8) is 0 Å². The van der Waals surface area contributed by atoms with Gasteiger partial charge in [0.05, 0.1) is 17.7 Å². The van der Waals surface area contributed by atoms with Crippen LogP contribution in [0.4, 0.5) is 15.8 Å². The predicted molar refractivity (Wildman–Crippen MR) is 118 cm³/mol. The van der Waals surface area contributed by atoms with E-state index in [2.05, 4.69) is 10.6 Å². The lowest BCUT2D eigenvalue weighted by molar-refractivity contribution is -0.160. The average molecular weight is 450 g/mol. The van der Waals surface area contributed by atoms with Crippen molar-refractivity contribution >= 4 is 29.2 Å². The Bertz CT molecular complexity index is 885. The molecule has 2 heterocycles. The van der Waals surface area contributed by atoms with Crippen molar-refractivity contribution in [3.05, 3.63) is 24.0 Å². The monoisotopic (exact) mass is 449 g/mol. The van der Waals surface area contributed by atoms with Gasteiger partial charge >= 0.3 is 5.97 Å². The number of aliphatic hydroxyl groups is 1. The van der Waals surface area contributed by atoms with E-state index in [9.17, 15) is 23.9 Å². The molecule has 2 aliphatic heterocycles. The maximum atomic E-state index is 14.9. The number of ether oxygens (including phenoxy) is 1. The molecule has 2 amide bonds. The van der Waals surface area contributed by atoms with Gasteiger partial charge in [-0.05, 0) is 64.7 Å². The third kappa shape index (κ3) is 6.41. The molecule has 2 unspecified atom stereocenters. The molecule has 176 valence electrons. The van der Waals surface area contributed by atoms with E-state index in [4.69, 9.17) is 4.74 Å². The highest BCUT2D eigenvalue weighted by atomic mass is 19.1. The Balaban J connectivity index is 1.61. The molecule has 0 spiro atoms. The zero-order valence-corrected chi connectivity index (χ0v) is 18.9. The summed E-state index contributed by atoms with van der Waals surface area (Å²) in [5, 5.41) is 16.2. The molecule has 2 fully saturated rings. The molecule has 2 saturated heterocycles. The van der Waals surface area contributed by atoms with Crippen molar-refractivity contribution in [1.82, 2.24) is 5.32 Å². The number of halogens is 1. The number of piperidine rings is 1. The van der Waals surface area contributed by atoms with Crippen LogP contribution in [0.1, 0.15) is 59.3 Å². The lowest BCUT2D eigenvalue weighted by Gasteiger charge is -2.28. The first-order chi connectivity index (χ1) is 14.9. The summed E-state index contributed by atoms with van der Waals surface area (Å²) in [5.41, 5.74) is -0.935. The van der Waals surface area contributed by atoms with Crippen LogP contribution in [0, 0.1) is 5.82 Å². The molecule has 32 heavy (non-hydrogen) atoms. The number of carbonyl (C=O) groups is 3. The molecule has 2 atom stereocenters. The van der Waals surface area contributed by atoms with Crippen LogP contribution in [-0.2, 0) is 19.1 Å². The minimum atomic E-state index is -1.18. The van der Waals surface area contributed by atoms with Crippen LogP contribution < -0.4 is 15.5 Å². The number of hydrogen-bond donors (Lipinski definition) is 3. The van der Waals surface area contributed by atoms with E-state index in [0.29, 0.717) is 50.1 Å². The lowest BCUT2D eigenvalue weighted by Crippen LogP contribution is -2.47. The number of esters is 1. The van der Waals surface area contributed by atoms with E-state index in [1.54, 1.807) is 32.9 Å². The quantitative estimate of drug-likeness (QED) is 0.468. The van der Waals surface area contributed by atoms with E-state index in [1.807, 2.05) is 4.90 Å². The average Bonchev–Trinajstić information content (AvgIpc) is 2.84. The molecule has 8 nitrogen and oxygen atoms in total. The summed E-state index contributed by atoms with van der Waals surface area (Å²) >= 11 is 0. The predicted octanol–water partition coefficient (Wildman–Crippen LogP) is 2.50. The van der Waals surface area contributed by atoms with Gasteiger partial charge in [0.2, 0.25) is 11.8 Å². The molecular weight excluding hydrogens is 417 g/mol. The third-order valence-corrected chi connectivity index (χ3v) is 5.68. The van der Waals surface area contributed by atoms with Gasteiger partial charge in [-0.25, -0.2) is 4.39 Å². The summed E-state index contributed by atoms with van der Waals surface area (Å²) < 4.78 is 20.2. The molecule has 0 radical (unpaired) electrons. The first kappa shape index (κ1) is 24.0. The number of carbonyl (C=O) groups excluding carboxylic acids is 3. The third-order valence-electron chi connectivity index (χ3n) is 5.68. The highest BCUT2D eigenvalue weighted by Gasteiger charge is 2.35. The number of benzene rings is 1. The molecule has 1 aromatic carbocycles. The Hall–Kier alpha value is -2.68. The second kappa shape index (κ2) is 9.44. The van der Waals surface area contributed by atoms with E-state index >= 15 is 0 Å². The van der Waals surface area contributed by atoms with Gasteiger partial charge in [0, 0.05) is 25.2 Å². The highest BCUT2D eigenvalue weighted by molar-refractivity contribution is 6.01. The number of hydrogen-bond acceptors (Lipinski definition) is 7. The Labute approximate surface area is 187 Å². The van der Waals surface area contributed by atoms with Crippen molar-refractivity contribution < 1.29 is 28.6 Å². The normalized spacial score (nSPS) is 24.5. The summed E-state index contributed by atoms with van der Waals surface area (Å²) in [7, 11) is 0. The van der Waals surface area contributed by atoms with Crippen molar-refractivity contribution in [1.29, 1.82) is 0 Å². The van der Waals surface area contributed by atoms with E-state index < -0.39 is 34.9 Å². The molecule has 0 aliphatic carbocycles. The fourth-order valence-electron chi connectivity index (χ4n) is 4.13. The molecule has 3 rings (SSSR count). The van der Waals surface area contributed by atoms with Crippen LogP contribution in [0.25, 0.3) is 0 Å². The summed E-state index contributed by atoms with van der Waals surface area (Å²) in [6, 6.07) is 4.08. The maximum absolute atomic E-state index is 14.9. The molecule has 0 saturated carbocycles. The van der Waals surface area contributed by atoms with E-state index in [-0.39, 0.29) is 18.7 Å². The standard InChI is InChI=1S/C23H32FN3O5/c1-22(2,3)32-20(29)14-23(31)9-4-11-27(12-10-23)18-7-5-15(13-16(18)24)25-17-6-8-19(28)26-21(17)30/h5,7,13,17,25,31H,4,6,8-12,14H2,1-3H3,(H,26,28,30). The van der Waals surface area contributed by atoms with Gasteiger partial charge in [-0.15, -0.1) is 0 Å². The van der Waals surface area contributed by atoms with Crippen molar-refractivity contribution in [3.8, 4) is 0 Å². The molecule has 0 bridgehead atoms. The van der Waals surface area contributed by atoms with Crippen LogP contribution in [0.15, 0.2) is 18.2 Å². The number of amides is 2. The molecule has 1 aromatic rings. The first-order valence-electron chi connectivity index (χ1n) is 11.0. The zero-order valence-electron chi connectivity index (χ0n) is 18.9. The summed E-state index contributed by atoms with van der Waals surface area (Å²) in [5.74, 6) is -1.60. The van der Waals surface area contributed by atoms with Gasteiger partial charge in [-0.3, -0.25) is 19.7 Å². The number of rotatable bonds is 5. The van der Waals surface area contributed by atoms with Crippen molar-refractivity contribution in [2.45, 2.75) is 76.5 Å². The SMILES string of the molecule is CC(C)(C)OC(=O)CC1(O)CCCN(c2ccc(NC3CCC(=O)NC3=O)cc2F)CC1. The van der Waals surface area contributed by atoms with Crippen LogP contribution >= 0.6 is 0 Å². The first-order valence-corrected chi connectivity index (χ1v) is 11.0. The fraction of sp³-hybridized carbons (Fsp3) is 0.609. The van der Waals surface area contributed by atoms with E-state index in [1.165, 1.54) is 6.07 Å². The maximum Gasteiger partial charge on any atom is 0.309 e. The second-order valence-electron chi connectivity index (χ2n) is 9.64.